The van der Waals surface area contributed by atoms with Crippen LogP contribution >= 0.6 is 0 Å². The molecular formula is C25H23FN6O3. The zero-order valence-electron chi connectivity index (χ0n) is 18.9. The lowest BCUT2D eigenvalue weighted by Gasteiger charge is -2.18. The SMILES string of the molecule is COc1cc(C(Cc2ccc(C(=N)N)cc2)c2nn(-c3ncccc3F)c(=O)[nH]2)cc2c1OCC2. The number of fused-ring (bicyclic) bond motifs is 1. The molecule has 4 aromatic rings. The van der Waals surface area contributed by atoms with Crippen molar-refractivity contribution in [3.8, 4) is 17.3 Å². The third-order valence-electron chi connectivity index (χ3n) is 6.00. The number of hydrogen-bond donors (Lipinski definition) is 3. The van der Waals surface area contributed by atoms with Crippen LogP contribution in [-0.2, 0) is 12.8 Å². The topological polar surface area (TPSA) is 132 Å². The van der Waals surface area contributed by atoms with Crippen molar-refractivity contribution in [2.45, 2.75) is 18.8 Å². The standard InChI is InChI=1S/C25H23FN6O3/c1-34-20-13-17(12-16-8-10-35-21(16)20)18(11-14-4-6-15(7-5-14)22(27)28)23-30-25(33)32(31-23)24-19(26)3-2-9-29-24/h2-7,9,12-13,18H,8,10-11H2,1H3,(H3,27,28)(H,30,31,33). The normalized spacial score (nSPS) is 13.2. The summed E-state index contributed by atoms with van der Waals surface area (Å²) in [6.07, 6.45) is 2.61. The molecule has 2 aromatic carbocycles. The third kappa shape index (κ3) is 4.25. The molecule has 2 aromatic heterocycles. The summed E-state index contributed by atoms with van der Waals surface area (Å²) >= 11 is 0. The largest absolute Gasteiger partial charge is 0.493 e. The van der Waals surface area contributed by atoms with Crippen LogP contribution in [0.5, 0.6) is 11.5 Å². The number of aromatic amines is 1. The van der Waals surface area contributed by atoms with E-state index in [0.29, 0.717) is 30.2 Å². The van der Waals surface area contributed by atoms with E-state index in [4.69, 9.17) is 20.6 Å². The molecule has 9 nitrogen and oxygen atoms in total. The van der Waals surface area contributed by atoms with E-state index in [1.165, 1.54) is 18.3 Å². The summed E-state index contributed by atoms with van der Waals surface area (Å²) in [5.74, 6) is 0.442. The predicted molar refractivity (Wildman–Crippen MR) is 127 cm³/mol. The van der Waals surface area contributed by atoms with E-state index in [9.17, 15) is 9.18 Å². The molecule has 178 valence electrons. The average molecular weight is 474 g/mol. The van der Waals surface area contributed by atoms with Crippen LogP contribution in [0.25, 0.3) is 5.82 Å². The first kappa shape index (κ1) is 22.3. The molecule has 4 N–H and O–H groups in total. The van der Waals surface area contributed by atoms with Crippen molar-refractivity contribution >= 4 is 5.84 Å². The minimum atomic E-state index is -0.652. The fraction of sp³-hybridized carbons (Fsp3) is 0.200. The Bertz CT molecular complexity index is 1460. The van der Waals surface area contributed by atoms with Gasteiger partial charge in [0.2, 0.25) is 0 Å². The molecule has 1 aliphatic rings. The molecule has 35 heavy (non-hydrogen) atoms. The smallest absolute Gasteiger partial charge is 0.349 e. The van der Waals surface area contributed by atoms with Crippen molar-refractivity contribution in [3.63, 3.8) is 0 Å². The molecular weight excluding hydrogens is 451 g/mol. The number of methoxy groups -OCH3 is 1. The number of nitrogens with zero attached hydrogens (tertiary/aromatic N) is 3. The molecule has 0 saturated carbocycles. The van der Waals surface area contributed by atoms with Gasteiger partial charge in [0.15, 0.2) is 23.1 Å². The highest BCUT2D eigenvalue weighted by molar-refractivity contribution is 5.94. The number of aromatic nitrogens is 4. The van der Waals surface area contributed by atoms with Gasteiger partial charge in [-0.25, -0.2) is 14.2 Å². The maximum Gasteiger partial charge on any atom is 0.349 e. The van der Waals surface area contributed by atoms with Gasteiger partial charge in [-0.3, -0.25) is 10.4 Å². The number of amidine groups is 1. The number of nitrogens with two attached hydrogens (primary N) is 1. The highest BCUT2D eigenvalue weighted by Crippen LogP contribution is 2.40. The Balaban J connectivity index is 1.61. The van der Waals surface area contributed by atoms with Crippen LogP contribution in [-0.4, -0.2) is 39.3 Å². The van der Waals surface area contributed by atoms with Crippen molar-refractivity contribution in [1.82, 2.24) is 19.7 Å². The quantitative estimate of drug-likeness (QED) is 0.279. The molecule has 0 amide bonds. The number of ether oxygens (including phenoxy) is 2. The number of nitrogen functional groups attached to an aromatic ring is 1. The van der Waals surface area contributed by atoms with Gasteiger partial charge in [-0.1, -0.05) is 30.3 Å². The maximum atomic E-state index is 14.4. The van der Waals surface area contributed by atoms with Crippen LogP contribution in [0.1, 0.15) is 34.0 Å². The molecule has 10 heteroatoms. The van der Waals surface area contributed by atoms with Gasteiger partial charge in [-0.05, 0) is 35.7 Å². The third-order valence-corrected chi connectivity index (χ3v) is 6.00. The van der Waals surface area contributed by atoms with Gasteiger partial charge in [0.1, 0.15) is 11.7 Å². The van der Waals surface area contributed by atoms with E-state index in [1.54, 1.807) is 19.2 Å². The summed E-state index contributed by atoms with van der Waals surface area (Å²) < 4.78 is 26.6. The molecule has 0 spiro atoms. The van der Waals surface area contributed by atoms with Gasteiger partial charge in [-0.2, -0.15) is 4.68 Å². The fourth-order valence-electron chi connectivity index (χ4n) is 4.25. The summed E-state index contributed by atoms with van der Waals surface area (Å²) in [4.78, 5) is 19.5. The van der Waals surface area contributed by atoms with Gasteiger partial charge in [0, 0.05) is 29.7 Å². The molecule has 1 aliphatic heterocycles. The predicted octanol–water partition coefficient (Wildman–Crippen LogP) is 2.70. The number of rotatable bonds is 7. The first-order chi connectivity index (χ1) is 16.9. The van der Waals surface area contributed by atoms with Gasteiger partial charge in [0.25, 0.3) is 0 Å². The maximum absolute atomic E-state index is 14.4. The molecule has 3 heterocycles. The minimum absolute atomic E-state index is 0.0167. The van der Waals surface area contributed by atoms with Gasteiger partial charge in [-0.15, -0.1) is 5.10 Å². The highest BCUT2D eigenvalue weighted by atomic mass is 19.1. The zero-order valence-corrected chi connectivity index (χ0v) is 18.9. The molecule has 1 unspecified atom stereocenters. The first-order valence-electron chi connectivity index (χ1n) is 11.0. The highest BCUT2D eigenvalue weighted by Gasteiger charge is 2.26. The van der Waals surface area contributed by atoms with Crippen molar-refractivity contribution in [1.29, 1.82) is 5.41 Å². The number of halogens is 1. The molecule has 1 atom stereocenters. The number of hydrogen-bond acceptors (Lipinski definition) is 6. The zero-order chi connectivity index (χ0) is 24.5. The van der Waals surface area contributed by atoms with Crippen molar-refractivity contribution in [2.75, 3.05) is 13.7 Å². The second kappa shape index (κ2) is 9.05. The van der Waals surface area contributed by atoms with Crippen LogP contribution < -0.4 is 20.9 Å². The number of H-pyrrole nitrogens is 1. The molecule has 0 saturated heterocycles. The Morgan fingerprint density at radius 1 is 1.31 bits per heavy atom. The molecule has 0 fully saturated rings. The molecule has 0 radical (unpaired) electrons. The van der Waals surface area contributed by atoms with E-state index in [1.807, 2.05) is 24.3 Å². The Labute approximate surface area is 199 Å². The Morgan fingerprint density at radius 2 is 2.11 bits per heavy atom. The van der Waals surface area contributed by atoms with Crippen LogP contribution in [0.2, 0.25) is 0 Å². The number of benzene rings is 2. The Kier molecular flexibility index (Phi) is 5.77. The molecule has 5 rings (SSSR count). The Hall–Kier alpha value is -4.47. The Morgan fingerprint density at radius 3 is 2.83 bits per heavy atom. The number of nitrogens with one attached hydrogen (secondary N) is 2. The van der Waals surface area contributed by atoms with Crippen molar-refractivity contribution in [3.05, 3.63) is 99.1 Å². The monoisotopic (exact) mass is 474 g/mol. The fourth-order valence-corrected chi connectivity index (χ4v) is 4.25. The summed E-state index contributed by atoms with van der Waals surface area (Å²) in [5, 5.41) is 12.0. The minimum Gasteiger partial charge on any atom is -0.493 e. The van der Waals surface area contributed by atoms with E-state index in [0.717, 1.165) is 33.5 Å². The second-order valence-corrected chi connectivity index (χ2v) is 8.21. The van der Waals surface area contributed by atoms with Gasteiger partial charge in [0.05, 0.1) is 13.7 Å². The van der Waals surface area contributed by atoms with E-state index >= 15 is 0 Å². The lowest BCUT2D eigenvalue weighted by molar-refractivity contribution is 0.326. The van der Waals surface area contributed by atoms with Gasteiger partial charge < -0.3 is 15.2 Å². The lowest BCUT2D eigenvalue weighted by Crippen LogP contribution is -2.18. The molecule has 0 bridgehead atoms. The first-order valence-corrected chi connectivity index (χ1v) is 11.0. The van der Waals surface area contributed by atoms with Crippen molar-refractivity contribution < 1.29 is 13.9 Å². The summed E-state index contributed by atoms with van der Waals surface area (Å²) in [7, 11) is 1.58. The summed E-state index contributed by atoms with van der Waals surface area (Å²) in [6.45, 7) is 0.566. The van der Waals surface area contributed by atoms with E-state index < -0.39 is 17.4 Å². The van der Waals surface area contributed by atoms with Crippen LogP contribution in [0.3, 0.4) is 0 Å². The molecule has 0 aliphatic carbocycles. The average Bonchev–Trinajstić information content (AvgIpc) is 3.49. The lowest BCUT2D eigenvalue weighted by atomic mass is 9.89. The van der Waals surface area contributed by atoms with E-state index in [2.05, 4.69) is 15.1 Å². The second-order valence-electron chi connectivity index (χ2n) is 8.21. The van der Waals surface area contributed by atoms with Crippen LogP contribution in [0.15, 0.2) is 59.5 Å². The van der Waals surface area contributed by atoms with Crippen LogP contribution in [0, 0.1) is 11.2 Å². The van der Waals surface area contributed by atoms with E-state index in [-0.39, 0.29) is 11.7 Å². The number of pyridine rings is 1. The van der Waals surface area contributed by atoms with Gasteiger partial charge >= 0.3 is 5.69 Å². The van der Waals surface area contributed by atoms with Crippen LogP contribution in [0.4, 0.5) is 4.39 Å². The summed E-state index contributed by atoms with van der Waals surface area (Å²) in [5.41, 5.74) is 8.42. The summed E-state index contributed by atoms with van der Waals surface area (Å²) in [6, 6.07) is 13.9. The van der Waals surface area contributed by atoms with Crippen molar-refractivity contribution in [2.24, 2.45) is 5.73 Å².